The van der Waals surface area contributed by atoms with Crippen LogP contribution in [0.1, 0.15) is 37.1 Å². The topological polar surface area (TPSA) is 52.5 Å². The van der Waals surface area contributed by atoms with Crippen molar-refractivity contribution in [3.05, 3.63) is 59.4 Å². The summed E-state index contributed by atoms with van der Waals surface area (Å²) in [5, 5.41) is 22.5. The fraction of sp³-hybridized carbons (Fsp3) is 0.250. The van der Waals surface area contributed by atoms with Crippen molar-refractivity contribution in [3.63, 3.8) is 0 Å². The van der Waals surface area contributed by atoms with E-state index < -0.39 is 0 Å². The fourth-order valence-electron chi connectivity index (χ4n) is 2.27. The van der Waals surface area contributed by atoms with Gasteiger partial charge < -0.3 is 15.5 Å². The van der Waals surface area contributed by atoms with Gasteiger partial charge in [-0.2, -0.15) is 0 Å². The maximum Gasteiger partial charge on any atom is 0.127 e. The zero-order valence-corrected chi connectivity index (χ0v) is 11.5. The Morgan fingerprint density at radius 3 is 2.30 bits per heavy atom. The summed E-state index contributed by atoms with van der Waals surface area (Å²) in [4.78, 5) is 0. The lowest BCUT2D eigenvalue weighted by Crippen LogP contribution is -2.23. The first kappa shape index (κ1) is 14.3. The molecule has 0 spiro atoms. The number of aromatic hydroxyl groups is 2. The van der Waals surface area contributed by atoms with Crippen molar-refractivity contribution in [2.75, 3.05) is 0 Å². The molecule has 3 nitrogen and oxygen atoms in total. The Morgan fingerprint density at radius 1 is 0.950 bits per heavy atom. The van der Waals surface area contributed by atoms with E-state index in [-0.39, 0.29) is 29.4 Å². The fourth-order valence-corrected chi connectivity index (χ4v) is 2.27. The molecule has 0 saturated carbocycles. The van der Waals surface area contributed by atoms with Crippen LogP contribution in [0.2, 0.25) is 0 Å². The van der Waals surface area contributed by atoms with Gasteiger partial charge in [-0.3, -0.25) is 0 Å². The van der Waals surface area contributed by atoms with Gasteiger partial charge in [0, 0.05) is 23.2 Å². The lowest BCUT2D eigenvalue weighted by Gasteiger charge is -2.22. The summed E-state index contributed by atoms with van der Waals surface area (Å²) in [7, 11) is 0. The summed E-state index contributed by atoms with van der Waals surface area (Å²) >= 11 is 0. The number of halogens is 1. The van der Waals surface area contributed by atoms with E-state index in [0.29, 0.717) is 11.1 Å². The predicted octanol–water partition coefficient (Wildman–Crippen LogP) is 3.65. The number of hydrogen-bond acceptors (Lipinski definition) is 3. The first-order chi connectivity index (χ1) is 9.49. The summed E-state index contributed by atoms with van der Waals surface area (Å²) in [6.07, 6.45) is 0. The van der Waals surface area contributed by atoms with Crippen LogP contribution in [0.5, 0.6) is 11.5 Å². The van der Waals surface area contributed by atoms with Crippen LogP contribution in [0.25, 0.3) is 0 Å². The van der Waals surface area contributed by atoms with E-state index in [1.165, 1.54) is 24.3 Å². The molecule has 1 unspecified atom stereocenters. The maximum absolute atomic E-state index is 13.7. The van der Waals surface area contributed by atoms with E-state index >= 15 is 0 Å². The molecule has 0 fully saturated rings. The molecular formula is C16H18FNO2. The van der Waals surface area contributed by atoms with E-state index in [4.69, 9.17) is 0 Å². The number of hydrogen-bond donors (Lipinski definition) is 3. The van der Waals surface area contributed by atoms with E-state index in [0.717, 1.165) is 0 Å². The number of benzene rings is 2. The summed E-state index contributed by atoms with van der Waals surface area (Å²) < 4.78 is 13.7. The second-order valence-corrected chi connectivity index (χ2v) is 4.87. The highest BCUT2D eigenvalue weighted by Gasteiger charge is 2.16. The second-order valence-electron chi connectivity index (χ2n) is 4.87. The van der Waals surface area contributed by atoms with Crippen LogP contribution in [0.4, 0.5) is 4.39 Å². The van der Waals surface area contributed by atoms with Gasteiger partial charge in [0.2, 0.25) is 0 Å². The first-order valence-corrected chi connectivity index (χ1v) is 6.51. The lowest BCUT2D eigenvalue weighted by molar-refractivity contribution is 0.425. The quantitative estimate of drug-likeness (QED) is 0.747. The van der Waals surface area contributed by atoms with Crippen LogP contribution in [-0.2, 0) is 0 Å². The molecule has 2 atom stereocenters. The first-order valence-electron chi connectivity index (χ1n) is 6.51. The lowest BCUT2D eigenvalue weighted by atomic mass is 10.0. The highest BCUT2D eigenvalue weighted by Crippen LogP contribution is 2.29. The third-order valence-corrected chi connectivity index (χ3v) is 3.35. The zero-order chi connectivity index (χ0) is 14.7. The van der Waals surface area contributed by atoms with Crippen molar-refractivity contribution >= 4 is 0 Å². The van der Waals surface area contributed by atoms with Crippen molar-refractivity contribution in [3.8, 4) is 11.5 Å². The molecule has 0 saturated heterocycles. The largest absolute Gasteiger partial charge is 0.508 e. The number of nitrogens with one attached hydrogen (secondary N) is 1. The Bertz CT molecular complexity index is 601. The Hall–Kier alpha value is -2.07. The molecule has 0 bridgehead atoms. The van der Waals surface area contributed by atoms with Crippen LogP contribution >= 0.6 is 0 Å². The molecule has 2 aromatic rings. The number of rotatable bonds is 4. The molecule has 0 aliphatic rings. The van der Waals surface area contributed by atoms with Crippen molar-refractivity contribution in [1.29, 1.82) is 0 Å². The summed E-state index contributed by atoms with van der Waals surface area (Å²) in [5.41, 5.74) is 1.15. The van der Waals surface area contributed by atoms with Gasteiger partial charge in [-0.05, 0) is 38.1 Å². The third-order valence-electron chi connectivity index (χ3n) is 3.35. The molecule has 2 aromatic carbocycles. The molecule has 0 amide bonds. The minimum Gasteiger partial charge on any atom is -0.508 e. The molecular weight excluding hydrogens is 257 g/mol. The molecule has 0 aromatic heterocycles. The Balaban J connectivity index is 2.17. The van der Waals surface area contributed by atoms with Crippen LogP contribution in [0, 0.1) is 5.82 Å². The average molecular weight is 275 g/mol. The standard InChI is InChI=1S/C16H18FNO2/c1-10(13-5-3-4-6-15(13)17)18-11(2)14-9-12(19)7-8-16(14)20/h3-11,18-20H,1-2H3/t10-,11?/m1/s1. The third kappa shape index (κ3) is 3.08. The van der Waals surface area contributed by atoms with E-state index in [2.05, 4.69) is 5.32 Å². The minimum absolute atomic E-state index is 0.0880. The number of phenols is 2. The molecule has 0 radical (unpaired) electrons. The SMILES string of the molecule is CC(N[C@H](C)c1ccccc1F)c1cc(O)ccc1O. The average Bonchev–Trinajstić information content (AvgIpc) is 2.41. The monoisotopic (exact) mass is 275 g/mol. The van der Waals surface area contributed by atoms with Crippen LogP contribution in [0.15, 0.2) is 42.5 Å². The summed E-state index contributed by atoms with van der Waals surface area (Å²) in [6.45, 7) is 3.71. The van der Waals surface area contributed by atoms with Gasteiger partial charge in [0.1, 0.15) is 17.3 Å². The van der Waals surface area contributed by atoms with Gasteiger partial charge >= 0.3 is 0 Å². The summed E-state index contributed by atoms with van der Waals surface area (Å²) in [5.74, 6) is -0.0756. The van der Waals surface area contributed by atoms with Crippen LogP contribution < -0.4 is 5.32 Å². The smallest absolute Gasteiger partial charge is 0.127 e. The molecule has 20 heavy (non-hydrogen) atoms. The second kappa shape index (κ2) is 5.92. The molecule has 106 valence electrons. The highest BCUT2D eigenvalue weighted by atomic mass is 19.1. The van der Waals surface area contributed by atoms with Crippen molar-refractivity contribution in [2.24, 2.45) is 0 Å². The highest BCUT2D eigenvalue weighted by molar-refractivity contribution is 5.40. The molecule has 2 rings (SSSR count). The van der Waals surface area contributed by atoms with Gasteiger partial charge in [0.05, 0.1) is 0 Å². The number of phenolic OH excluding ortho intramolecular Hbond substituents is 2. The van der Waals surface area contributed by atoms with Crippen molar-refractivity contribution in [1.82, 2.24) is 5.32 Å². The molecule has 0 heterocycles. The van der Waals surface area contributed by atoms with E-state index in [1.807, 2.05) is 13.8 Å². The zero-order valence-electron chi connectivity index (χ0n) is 11.5. The minimum atomic E-state index is -0.264. The Morgan fingerprint density at radius 2 is 1.60 bits per heavy atom. The Labute approximate surface area is 117 Å². The van der Waals surface area contributed by atoms with Gasteiger partial charge in [-0.1, -0.05) is 18.2 Å². The van der Waals surface area contributed by atoms with Gasteiger partial charge in [-0.15, -0.1) is 0 Å². The summed E-state index contributed by atoms with van der Waals surface area (Å²) in [6, 6.07) is 10.5. The normalized spacial score (nSPS) is 13.9. The van der Waals surface area contributed by atoms with Crippen molar-refractivity contribution in [2.45, 2.75) is 25.9 Å². The molecule has 0 aliphatic heterocycles. The van der Waals surface area contributed by atoms with Gasteiger partial charge in [0.15, 0.2) is 0 Å². The van der Waals surface area contributed by atoms with Crippen molar-refractivity contribution < 1.29 is 14.6 Å². The van der Waals surface area contributed by atoms with E-state index in [9.17, 15) is 14.6 Å². The van der Waals surface area contributed by atoms with Crippen LogP contribution in [-0.4, -0.2) is 10.2 Å². The maximum atomic E-state index is 13.7. The van der Waals surface area contributed by atoms with Crippen LogP contribution in [0.3, 0.4) is 0 Å². The predicted molar refractivity (Wildman–Crippen MR) is 76.1 cm³/mol. The van der Waals surface area contributed by atoms with E-state index in [1.54, 1.807) is 18.2 Å². The Kier molecular flexibility index (Phi) is 4.25. The molecule has 0 aliphatic carbocycles. The molecule has 4 heteroatoms. The van der Waals surface area contributed by atoms with Gasteiger partial charge in [0.25, 0.3) is 0 Å². The van der Waals surface area contributed by atoms with Gasteiger partial charge in [-0.25, -0.2) is 4.39 Å². The molecule has 3 N–H and O–H groups in total.